The average Bonchev–Trinajstić information content (AvgIpc) is 3.12. The first-order chi connectivity index (χ1) is 8.69. The van der Waals surface area contributed by atoms with Gasteiger partial charge in [0, 0.05) is 12.0 Å². The highest BCUT2D eigenvalue weighted by Crippen LogP contribution is 2.38. The molecule has 4 nitrogen and oxygen atoms in total. The molecule has 1 saturated carbocycles. The fourth-order valence-electron chi connectivity index (χ4n) is 1.83. The Hall–Kier alpha value is -1.46. The van der Waals surface area contributed by atoms with Crippen LogP contribution < -0.4 is 5.73 Å². The minimum atomic E-state index is -0.472. The number of nitrogens with two attached hydrogens (primary N) is 1. The molecule has 0 amide bonds. The lowest BCUT2D eigenvalue weighted by molar-refractivity contribution is 0.624. The average molecular weight is 267 g/mol. The van der Waals surface area contributed by atoms with Crippen molar-refractivity contribution in [1.82, 2.24) is 14.8 Å². The summed E-state index contributed by atoms with van der Waals surface area (Å²) in [7, 11) is 0. The molecule has 1 aliphatic carbocycles. The van der Waals surface area contributed by atoms with Gasteiger partial charge in [-0.05, 0) is 25.0 Å². The van der Waals surface area contributed by atoms with E-state index in [1.165, 1.54) is 12.1 Å². The van der Waals surface area contributed by atoms with Crippen molar-refractivity contribution < 1.29 is 4.39 Å². The third-order valence-electron chi connectivity index (χ3n) is 2.96. The highest BCUT2D eigenvalue weighted by atomic mass is 35.5. The second-order valence-corrected chi connectivity index (χ2v) is 4.78. The lowest BCUT2D eigenvalue weighted by Crippen LogP contribution is -2.08. The Kier molecular flexibility index (Phi) is 2.80. The van der Waals surface area contributed by atoms with E-state index in [4.69, 9.17) is 17.3 Å². The molecular formula is C12H12ClFN4. The van der Waals surface area contributed by atoms with Gasteiger partial charge in [0.2, 0.25) is 0 Å². The fraction of sp³-hybridized carbons (Fsp3) is 0.333. The molecule has 94 valence electrons. The van der Waals surface area contributed by atoms with Gasteiger partial charge in [0.25, 0.3) is 0 Å². The molecule has 2 N–H and O–H groups in total. The molecule has 0 saturated heterocycles. The maximum Gasteiger partial charge on any atom is 0.154 e. The maximum atomic E-state index is 13.5. The van der Waals surface area contributed by atoms with E-state index in [1.807, 2.05) is 0 Å². The highest BCUT2D eigenvalue weighted by molar-refractivity contribution is 6.30. The van der Waals surface area contributed by atoms with Crippen molar-refractivity contribution in [2.45, 2.75) is 25.3 Å². The maximum absolute atomic E-state index is 13.5. The van der Waals surface area contributed by atoms with Gasteiger partial charge in [-0.1, -0.05) is 11.6 Å². The standard InChI is InChI=1S/C12H12ClFN4/c13-9-4-3-8(5-10(9)14)18-11(6-15)16-12(17-18)7-1-2-7/h3-5,7H,1-2,6,15H2. The van der Waals surface area contributed by atoms with Gasteiger partial charge < -0.3 is 5.73 Å². The minimum absolute atomic E-state index is 0.0931. The zero-order valence-electron chi connectivity index (χ0n) is 9.61. The monoisotopic (exact) mass is 266 g/mol. The SMILES string of the molecule is NCc1nc(C2CC2)nn1-c1ccc(Cl)c(F)c1. The molecule has 0 spiro atoms. The summed E-state index contributed by atoms with van der Waals surface area (Å²) in [6.45, 7) is 0.268. The van der Waals surface area contributed by atoms with Crippen LogP contribution in [0.25, 0.3) is 5.69 Å². The third kappa shape index (κ3) is 2.00. The van der Waals surface area contributed by atoms with Crippen molar-refractivity contribution in [3.8, 4) is 5.69 Å². The molecule has 2 aromatic rings. The minimum Gasteiger partial charge on any atom is -0.324 e. The smallest absolute Gasteiger partial charge is 0.154 e. The van der Waals surface area contributed by atoms with Crippen molar-refractivity contribution in [2.24, 2.45) is 5.73 Å². The molecule has 1 fully saturated rings. The molecule has 1 aromatic heterocycles. The Morgan fingerprint density at radius 1 is 1.44 bits per heavy atom. The van der Waals surface area contributed by atoms with E-state index < -0.39 is 5.82 Å². The van der Waals surface area contributed by atoms with E-state index in [0.29, 0.717) is 17.4 Å². The van der Waals surface area contributed by atoms with Gasteiger partial charge in [-0.2, -0.15) is 5.10 Å². The summed E-state index contributed by atoms with van der Waals surface area (Å²) in [5, 5.41) is 4.49. The van der Waals surface area contributed by atoms with Crippen molar-refractivity contribution in [3.05, 3.63) is 40.7 Å². The molecule has 0 aliphatic heterocycles. The van der Waals surface area contributed by atoms with Crippen LogP contribution in [0.2, 0.25) is 5.02 Å². The third-order valence-corrected chi connectivity index (χ3v) is 3.27. The molecule has 1 aromatic carbocycles. The molecular weight excluding hydrogens is 255 g/mol. The number of benzene rings is 1. The van der Waals surface area contributed by atoms with Crippen LogP contribution in [0.5, 0.6) is 0 Å². The van der Waals surface area contributed by atoms with Gasteiger partial charge in [0.05, 0.1) is 17.3 Å². The van der Waals surface area contributed by atoms with Crippen LogP contribution in [0.1, 0.15) is 30.4 Å². The van der Waals surface area contributed by atoms with Gasteiger partial charge in [-0.3, -0.25) is 0 Å². The fourth-order valence-corrected chi connectivity index (χ4v) is 1.95. The number of hydrogen-bond acceptors (Lipinski definition) is 3. The topological polar surface area (TPSA) is 56.7 Å². The first kappa shape index (κ1) is 11.6. The van der Waals surface area contributed by atoms with Crippen LogP contribution in [0, 0.1) is 5.82 Å². The predicted molar refractivity (Wildman–Crippen MR) is 66.2 cm³/mol. The van der Waals surface area contributed by atoms with Gasteiger partial charge >= 0.3 is 0 Å². The Morgan fingerprint density at radius 3 is 2.83 bits per heavy atom. The van der Waals surface area contributed by atoms with Crippen LogP contribution in [0.15, 0.2) is 18.2 Å². The van der Waals surface area contributed by atoms with Crippen LogP contribution in [-0.2, 0) is 6.54 Å². The second-order valence-electron chi connectivity index (χ2n) is 4.37. The van der Waals surface area contributed by atoms with E-state index in [0.717, 1.165) is 18.7 Å². The first-order valence-electron chi connectivity index (χ1n) is 5.80. The molecule has 0 atom stereocenters. The van der Waals surface area contributed by atoms with Crippen LogP contribution in [0.3, 0.4) is 0 Å². The normalized spacial score (nSPS) is 15.1. The Balaban J connectivity index is 2.06. The zero-order valence-corrected chi connectivity index (χ0v) is 10.4. The van der Waals surface area contributed by atoms with Gasteiger partial charge in [0.15, 0.2) is 5.82 Å². The van der Waals surface area contributed by atoms with Crippen LogP contribution in [0.4, 0.5) is 4.39 Å². The Labute approximate surface area is 109 Å². The van der Waals surface area contributed by atoms with Crippen molar-refractivity contribution in [2.75, 3.05) is 0 Å². The summed E-state index contributed by atoms with van der Waals surface area (Å²) in [6.07, 6.45) is 2.23. The zero-order chi connectivity index (χ0) is 12.7. The number of aromatic nitrogens is 3. The summed E-state index contributed by atoms with van der Waals surface area (Å²) in [6, 6.07) is 4.55. The molecule has 1 heterocycles. The van der Waals surface area contributed by atoms with Crippen molar-refractivity contribution >= 4 is 11.6 Å². The number of hydrogen-bond donors (Lipinski definition) is 1. The largest absolute Gasteiger partial charge is 0.324 e. The van der Waals surface area contributed by atoms with Crippen LogP contribution >= 0.6 is 11.6 Å². The molecule has 3 rings (SSSR count). The molecule has 6 heteroatoms. The van der Waals surface area contributed by atoms with Gasteiger partial charge in [0.1, 0.15) is 11.6 Å². The molecule has 0 radical (unpaired) electrons. The summed E-state index contributed by atoms with van der Waals surface area (Å²) >= 11 is 5.66. The van der Waals surface area contributed by atoms with Crippen LogP contribution in [-0.4, -0.2) is 14.8 Å². The second kappa shape index (κ2) is 4.33. The Bertz CT molecular complexity index is 592. The first-order valence-corrected chi connectivity index (χ1v) is 6.18. The van der Waals surface area contributed by atoms with E-state index >= 15 is 0 Å². The number of halogens is 2. The lowest BCUT2D eigenvalue weighted by atomic mass is 10.3. The highest BCUT2D eigenvalue weighted by Gasteiger charge is 2.29. The summed E-state index contributed by atoms with van der Waals surface area (Å²) in [4.78, 5) is 4.39. The quantitative estimate of drug-likeness (QED) is 0.928. The summed E-state index contributed by atoms with van der Waals surface area (Å²) in [5.41, 5.74) is 6.24. The van der Waals surface area contributed by atoms with Crippen molar-refractivity contribution in [3.63, 3.8) is 0 Å². The van der Waals surface area contributed by atoms with E-state index in [1.54, 1.807) is 10.7 Å². The molecule has 0 bridgehead atoms. The van der Waals surface area contributed by atoms with Gasteiger partial charge in [-0.25, -0.2) is 14.1 Å². The van der Waals surface area contributed by atoms with E-state index in [-0.39, 0.29) is 11.6 Å². The lowest BCUT2D eigenvalue weighted by Gasteiger charge is -2.04. The summed E-state index contributed by atoms with van der Waals surface area (Å²) < 4.78 is 15.0. The summed E-state index contributed by atoms with van der Waals surface area (Å²) in [5.74, 6) is 1.40. The van der Waals surface area contributed by atoms with Crippen molar-refractivity contribution in [1.29, 1.82) is 0 Å². The molecule has 0 unspecified atom stereocenters. The van der Waals surface area contributed by atoms with Gasteiger partial charge in [-0.15, -0.1) is 0 Å². The molecule has 18 heavy (non-hydrogen) atoms. The Morgan fingerprint density at radius 2 is 2.22 bits per heavy atom. The molecule has 1 aliphatic rings. The number of rotatable bonds is 3. The number of nitrogens with zero attached hydrogens (tertiary/aromatic N) is 3. The van der Waals surface area contributed by atoms with E-state index in [2.05, 4.69) is 10.1 Å². The predicted octanol–water partition coefficient (Wildman–Crippen LogP) is 2.40. The van der Waals surface area contributed by atoms with E-state index in [9.17, 15) is 4.39 Å².